The van der Waals surface area contributed by atoms with Gasteiger partial charge in [-0.05, 0) is 80.3 Å². The molecule has 5 rings (SSSR count). The van der Waals surface area contributed by atoms with Gasteiger partial charge >= 0.3 is 0 Å². The van der Waals surface area contributed by atoms with E-state index >= 15 is 0 Å². The van der Waals surface area contributed by atoms with Gasteiger partial charge in [0.1, 0.15) is 0 Å². The van der Waals surface area contributed by atoms with Gasteiger partial charge in [-0.1, -0.05) is 37.3 Å². The molecule has 2 saturated carbocycles. The third-order valence-corrected chi connectivity index (χ3v) is 8.26. The van der Waals surface area contributed by atoms with Crippen molar-refractivity contribution >= 4 is 0 Å². The Hall–Kier alpha value is -0.600. The normalized spacial score (nSPS) is 47.9. The average Bonchev–Trinajstić information content (AvgIpc) is 3.28. The molecule has 0 heterocycles. The van der Waals surface area contributed by atoms with Crippen LogP contribution in [0.2, 0.25) is 0 Å². The largest absolute Gasteiger partial charge is 0.393 e. The minimum atomic E-state index is -0.158. The summed E-state index contributed by atoms with van der Waals surface area (Å²) < 4.78 is 0. The third-order valence-electron chi connectivity index (χ3n) is 8.26. The molecule has 0 aromatic rings. The molecule has 0 aliphatic heterocycles. The molecular weight excluding hydrogens is 296 g/mol. The zero-order valence-electron chi connectivity index (χ0n) is 14.8. The van der Waals surface area contributed by atoms with Gasteiger partial charge in [0.2, 0.25) is 0 Å². The van der Waals surface area contributed by atoms with Crippen LogP contribution in [0.1, 0.15) is 77.0 Å². The molecule has 0 aromatic carbocycles. The summed E-state index contributed by atoms with van der Waals surface area (Å²) >= 11 is 0. The molecule has 2 bridgehead atoms. The Morgan fingerprint density at radius 1 is 0.792 bits per heavy atom. The van der Waals surface area contributed by atoms with Gasteiger partial charge in [0.25, 0.3) is 0 Å². The minimum absolute atomic E-state index is 0.0676. The first kappa shape index (κ1) is 15.6. The first-order chi connectivity index (χ1) is 11.7. The van der Waals surface area contributed by atoms with E-state index in [4.69, 9.17) is 0 Å². The molecule has 2 nitrogen and oxygen atoms in total. The lowest BCUT2D eigenvalue weighted by atomic mass is 9.52. The van der Waals surface area contributed by atoms with Crippen LogP contribution in [0.3, 0.4) is 0 Å². The maximum atomic E-state index is 11.0. The highest BCUT2D eigenvalue weighted by molar-refractivity contribution is 5.53. The maximum absolute atomic E-state index is 11.0. The van der Waals surface area contributed by atoms with E-state index < -0.39 is 0 Å². The maximum Gasteiger partial charge on any atom is 0.0577 e. The van der Waals surface area contributed by atoms with Crippen LogP contribution in [0, 0.1) is 23.2 Å². The zero-order chi connectivity index (χ0) is 16.3. The molecule has 0 amide bonds. The van der Waals surface area contributed by atoms with Gasteiger partial charge in [-0.15, -0.1) is 0 Å². The molecule has 5 aliphatic carbocycles. The number of aliphatic hydroxyl groups excluding tert-OH is 2. The van der Waals surface area contributed by atoms with Crippen molar-refractivity contribution in [1.29, 1.82) is 0 Å². The fraction of sp³-hybridized carbons (Fsp3) is 0.818. The number of rotatable bonds is 2. The minimum Gasteiger partial charge on any atom is -0.393 e. The second kappa shape index (κ2) is 5.71. The van der Waals surface area contributed by atoms with Gasteiger partial charge in [-0.25, -0.2) is 0 Å². The molecule has 2 fully saturated rings. The van der Waals surface area contributed by atoms with Crippen molar-refractivity contribution in [3.63, 3.8) is 0 Å². The van der Waals surface area contributed by atoms with E-state index in [0.29, 0.717) is 17.8 Å². The lowest BCUT2D eigenvalue weighted by Crippen LogP contribution is -2.52. The van der Waals surface area contributed by atoms with Crippen LogP contribution in [-0.4, -0.2) is 22.4 Å². The summed E-state index contributed by atoms with van der Waals surface area (Å²) in [6.07, 6.45) is 16.5. The zero-order valence-corrected chi connectivity index (χ0v) is 14.8. The molecule has 132 valence electrons. The van der Waals surface area contributed by atoms with Crippen LogP contribution in [0.4, 0.5) is 0 Å². The molecular formula is C22H32O2. The first-order valence-corrected chi connectivity index (χ1v) is 10.5. The monoisotopic (exact) mass is 328 g/mol. The van der Waals surface area contributed by atoms with Crippen molar-refractivity contribution in [3.8, 4) is 0 Å². The van der Waals surface area contributed by atoms with E-state index in [1.165, 1.54) is 51.4 Å². The van der Waals surface area contributed by atoms with Gasteiger partial charge < -0.3 is 10.2 Å². The van der Waals surface area contributed by atoms with E-state index in [2.05, 4.69) is 6.08 Å². The Bertz CT molecular complexity index is 565. The van der Waals surface area contributed by atoms with Crippen molar-refractivity contribution in [2.24, 2.45) is 23.2 Å². The molecule has 24 heavy (non-hydrogen) atoms. The third kappa shape index (κ3) is 2.02. The second-order valence-electron chi connectivity index (χ2n) is 9.20. The summed E-state index contributed by atoms with van der Waals surface area (Å²) in [7, 11) is 0. The number of hydrogen-bond acceptors (Lipinski definition) is 2. The van der Waals surface area contributed by atoms with E-state index in [-0.39, 0.29) is 17.6 Å². The smallest absolute Gasteiger partial charge is 0.0577 e. The topological polar surface area (TPSA) is 40.5 Å². The van der Waals surface area contributed by atoms with E-state index in [1.807, 2.05) is 0 Å². The van der Waals surface area contributed by atoms with Gasteiger partial charge in [0, 0.05) is 5.41 Å². The van der Waals surface area contributed by atoms with Crippen molar-refractivity contribution in [3.05, 3.63) is 22.8 Å². The lowest BCUT2D eigenvalue weighted by Gasteiger charge is -2.53. The quantitative estimate of drug-likeness (QED) is 0.782. The van der Waals surface area contributed by atoms with Gasteiger partial charge in [-0.2, -0.15) is 0 Å². The second-order valence-corrected chi connectivity index (χ2v) is 9.20. The van der Waals surface area contributed by atoms with Crippen LogP contribution >= 0.6 is 0 Å². The molecule has 5 aliphatic rings. The average molecular weight is 328 g/mol. The van der Waals surface area contributed by atoms with Crippen LogP contribution in [0.25, 0.3) is 0 Å². The van der Waals surface area contributed by atoms with Crippen LogP contribution in [0.5, 0.6) is 0 Å². The Labute approximate surface area is 146 Å². The molecule has 5 unspecified atom stereocenters. The molecule has 0 spiro atoms. The highest BCUT2D eigenvalue weighted by atomic mass is 16.3. The lowest BCUT2D eigenvalue weighted by molar-refractivity contribution is -0.0856. The molecule has 2 heteroatoms. The van der Waals surface area contributed by atoms with E-state index in [1.54, 1.807) is 16.7 Å². The number of aliphatic hydroxyl groups is 2. The molecule has 5 atom stereocenters. The van der Waals surface area contributed by atoms with Gasteiger partial charge in [0.15, 0.2) is 0 Å². The number of hydrogen-bond donors (Lipinski definition) is 2. The fourth-order valence-corrected chi connectivity index (χ4v) is 7.41. The molecule has 0 saturated heterocycles. The van der Waals surface area contributed by atoms with Crippen molar-refractivity contribution in [1.82, 2.24) is 0 Å². The van der Waals surface area contributed by atoms with Gasteiger partial charge in [0.05, 0.1) is 12.2 Å². The Morgan fingerprint density at radius 3 is 2.04 bits per heavy atom. The Kier molecular flexibility index (Phi) is 3.72. The molecule has 2 N–H and O–H groups in total. The van der Waals surface area contributed by atoms with E-state index in [0.717, 1.165) is 25.7 Å². The number of fused-ring (bicyclic) bond motifs is 4. The van der Waals surface area contributed by atoms with Crippen LogP contribution < -0.4 is 0 Å². The van der Waals surface area contributed by atoms with E-state index in [9.17, 15) is 10.2 Å². The number of allylic oxidation sites excluding steroid dienone is 4. The summed E-state index contributed by atoms with van der Waals surface area (Å²) in [5.74, 6) is 1.36. The summed E-state index contributed by atoms with van der Waals surface area (Å²) in [5.41, 5.74) is 5.11. The highest BCUT2D eigenvalue weighted by Gasteiger charge is 2.60. The van der Waals surface area contributed by atoms with Crippen molar-refractivity contribution in [2.45, 2.75) is 89.3 Å². The highest BCUT2D eigenvalue weighted by Crippen LogP contribution is 2.67. The Balaban J connectivity index is 1.59. The van der Waals surface area contributed by atoms with Crippen LogP contribution in [0.15, 0.2) is 22.8 Å². The summed E-state index contributed by atoms with van der Waals surface area (Å²) in [4.78, 5) is 0. The predicted molar refractivity (Wildman–Crippen MR) is 95.4 cm³/mol. The molecule has 0 aromatic heterocycles. The fourth-order valence-electron chi connectivity index (χ4n) is 7.41. The van der Waals surface area contributed by atoms with Crippen molar-refractivity contribution < 1.29 is 10.2 Å². The summed E-state index contributed by atoms with van der Waals surface area (Å²) in [6.45, 7) is 0. The Morgan fingerprint density at radius 2 is 1.42 bits per heavy atom. The first-order valence-electron chi connectivity index (χ1n) is 10.5. The van der Waals surface area contributed by atoms with Crippen LogP contribution in [-0.2, 0) is 0 Å². The molecule has 0 radical (unpaired) electrons. The van der Waals surface area contributed by atoms with Crippen molar-refractivity contribution in [2.75, 3.05) is 0 Å². The standard InChI is InChI=1S/C22H32O2/c23-20-10-3-1-8-17(20)22(18-9-2-4-11-21(18)24)13-14-12-19(22)16-7-5-6-15(14)16/h13,17-21,23-24H,1-12H2. The predicted octanol–water partition coefficient (Wildman–Crippen LogP) is 4.52. The summed E-state index contributed by atoms with van der Waals surface area (Å²) in [5, 5.41) is 21.9. The van der Waals surface area contributed by atoms with Gasteiger partial charge in [-0.3, -0.25) is 0 Å². The SMILES string of the molecule is OC1CCCCC1C1(C2CCCCC2O)C=C2CC1C1=C2CCC1. The summed E-state index contributed by atoms with van der Waals surface area (Å²) in [6, 6.07) is 0.